The van der Waals surface area contributed by atoms with E-state index in [1.807, 2.05) is 7.05 Å². The quantitative estimate of drug-likeness (QED) is 0.575. The van der Waals surface area contributed by atoms with Crippen molar-refractivity contribution in [2.45, 2.75) is 12.0 Å². The summed E-state index contributed by atoms with van der Waals surface area (Å²) in [6.45, 7) is 1.31. The molecule has 1 aromatic heterocycles. The van der Waals surface area contributed by atoms with Crippen LogP contribution >= 0.6 is 0 Å². The number of aryl methyl sites for hydroxylation is 1. The van der Waals surface area contributed by atoms with Crippen LogP contribution in [0.15, 0.2) is 6.33 Å². The molecule has 5 heteroatoms. The molecule has 1 saturated heterocycles. The summed E-state index contributed by atoms with van der Waals surface area (Å²) in [6.07, 6.45) is 2.08. The molecule has 0 atom stereocenters. The van der Waals surface area contributed by atoms with E-state index < -0.39 is 5.60 Å². The summed E-state index contributed by atoms with van der Waals surface area (Å²) in [6, 6.07) is 0. The summed E-state index contributed by atoms with van der Waals surface area (Å²) < 4.78 is 1.69. The Labute approximate surface area is 70.4 Å². The van der Waals surface area contributed by atoms with Crippen molar-refractivity contribution in [2.75, 3.05) is 13.1 Å². The Morgan fingerprint density at radius 3 is 2.92 bits per heavy atom. The summed E-state index contributed by atoms with van der Waals surface area (Å²) in [4.78, 5) is 4.05. The standard InChI is InChI=1S/C7H12N4O/c1-11-6(9-5-10-11)2-7(12)3-8-4-7/h5,8,12H,2-4H2,1H3. The fourth-order valence-corrected chi connectivity index (χ4v) is 1.31. The van der Waals surface area contributed by atoms with Crippen LogP contribution in [0.4, 0.5) is 0 Å². The molecule has 0 amide bonds. The molecule has 0 bridgehead atoms. The van der Waals surface area contributed by atoms with Crippen molar-refractivity contribution >= 4 is 0 Å². The predicted molar refractivity (Wildman–Crippen MR) is 42.5 cm³/mol. The van der Waals surface area contributed by atoms with Crippen molar-refractivity contribution in [3.8, 4) is 0 Å². The molecule has 2 N–H and O–H groups in total. The van der Waals surface area contributed by atoms with Gasteiger partial charge in [-0.1, -0.05) is 0 Å². The number of hydrogen-bond acceptors (Lipinski definition) is 4. The molecule has 0 radical (unpaired) electrons. The van der Waals surface area contributed by atoms with E-state index in [0.717, 1.165) is 5.82 Å². The molecule has 1 fully saturated rings. The van der Waals surface area contributed by atoms with E-state index in [4.69, 9.17) is 0 Å². The lowest BCUT2D eigenvalue weighted by atomic mass is 9.93. The summed E-state index contributed by atoms with van der Waals surface area (Å²) in [5.41, 5.74) is -0.596. The van der Waals surface area contributed by atoms with Crippen LogP contribution in [0.2, 0.25) is 0 Å². The maximum absolute atomic E-state index is 9.76. The van der Waals surface area contributed by atoms with Crippen LogP contribution in [0.1, 0.15) is 5.82 Å². The van der Waals surface area contributed by atoms with Gasteiger partial charge in [0.2, 0.25) is 0 Å². The first-order chi connectivity index (χ1) is 5.70. The number of aromatic nitrogens is 3. The highest BCUT2D eigenvalue weighted by atomic mass is 16.3. The normalized spacial score (nSPS) is 20.5. The predicted octanol–water partition coefficient (Wildman–Crippen LogP) is -1.31. The van der Waals surface area contributed by atoms with Gasteiger partial charge in [0.15, 0.2) is 0 Å². The molecule has 0 aromatic carbocycles. The van der Waals surface area contributed by atoms with Crippen LogP contribution in [-0.2, 0) is 13.5 Å². The Hall–Kier alpha value is -0.940. The van der Waals surface area contributed by atoms with Crippen molar-refractivity contribution in [2.24, 2.45) is 7.05 Å². The van der Waals surface area contributed by atoms with Crippen molar-refractivity contribution in [3.63, 3.8) is 0 Å². The third kappa shape index (κ3) is 1.21. The van der Waals surface area contributed by atoms with Crippen LogP contribution in [0, 0.1) is 0 Å². The second kappa shape index (κ2) is 2.53. The van der Waals surface area contributed by atoms with Crippen LogP contribution in [0.3, 0.4) is 0 Å². The first-order valence-corrected chi connectivity index (χ1v) is 3.96. The first-order valence-electron chi connectivity index (χ1n) is 3.96. The number of aliphatic hydroxyl groups is 1. The molecular formula is C7H12N4O. The Bertz CT molecular complexity index is 279. The molecule has 1 aliphatic heterocycles. The highest BCUT2D eigenvalue weighted by molar-refractivity contribution is 5.01. The summed E-state index contributed by atoms with van der Waals surface area (Å²) in [5.74, 6) is 0.832. The smallest absolute Gasteiger partial charge is 0.138 e. The highest BCUT2D eigenvalue weighted by Gasteiger charge is 2.35. The molecule has 2 rings (SSSR count). The van der Waals surface area contributed by atoms with Crippen molar-refractivity contribution in [3.05, 3.63) is 12.2 Å². The van der Waals surface area contributed by atoms with Gasteiger partial charge in [0.25, 0.3) is 0 Å². The van der Waals surface area contributed by atoms with Gasteiger partial charge in [-0.2, -0.15) is 5.10 Å². The maximum atomic E-state index is 9.76. The Morgan fingerprint density at radius 2 is 2.50 bits per heavy atom. The van der Waals surface area contributed by atoms with E-state index >= 15 is 0 Å². The lowest BCUT2D eigenvalue weighted by molar-refractivity contribution is -0.0113. The summed E-state index contributed by atoms with van der Waals surface area (Å²) >= 11 is 0. The fraction of sp³-hybridized carbons (Fsp3) is 0.714. The molecule has 0 saturated carbocycles. The van der Waals surface area contributed by atoms with Crippen molar-refractivity contribution in [1.29, 1.82) is 0 Å². The van der Waals surface area contributed by atoms with Crippen LogP contribution < -0.4 is 5.32 Å². The van der Waals surface area contributed by atoms with E-state index in [9.17, 15) is 5.11 Å². The lowest BCUT2D eigenvalue weighted by Crippen LogP contribution is -2.60. The van der Waals surface area contributed by atoms with Gasteiger partial charge in [-0.15, -0.1) is 0 Å². The largest absolute Gasteiger partial charge is 0.387 e. The molecule has 2 heterocycles. The van der Waals surface area contributed by atoms with Gasteiger partial charge < -0.3 is 10.4 Å². The van der Waals surface area contributed by atoms with Gasteiger partial charge in [-0.05, 0) is 0 Å². The van der Waals surface area contributed by atoms with Crippen molar-refractivity contribution in [1.82, 2.24) is 20.1 Å². The van der Waals surface area contributed by atoms with Gasteiger partial charge in [0.1, 0.15) is 12.2 Å². The topological polar surface area (TPSA) is 63.0 Å². The fourth-order valence-electron chi connectivity index (χ4n) is 1.31. The minimum atomic E-state index is -0.596. The third-order valence-corrected chi connectivity index (χ3v) is 2.20. The lowest BCUT2D eigenvalue weighted by Gasteiger charge is -2.37. The van der Waals surface area contributed by atoms with E-state index in [1.165, 1.54) is 6.33 Å². The molecule has 0 aliphatic carbocycles. The average molecular weight is 168 g/mol. The molecule has 5 nitrogen and oxygen atoms in total. The number of nitrogens with one attached hydrogen (secondary N) is 1. The summed E-state index contributed by atoms with van der Waals surface area (Å²) in [5, 5.41) is 16.7. The van der Waals surface area contributed by atoms with E-state index in [-0.39, 0.29) is 0 Å². The minimum Gasteiger partial charge on any atom is -0.387 e. The zero-order chi connectivity index (χ0) is 8.60. The molecule has 0 unspecified atom stereocenters. The second-order valence-electron chi connectivity index (χ2n) is 3.30. The van der Waals surface area contributed by atoms with E-state index in [0.29, 0.717) is 19.5 Å². The maximum Gasteiger partial charge on any atom is 0.138 e. The Kier molecular flexibility index (Phi) is 1.62. The van der Waals surface area contributed by atoms with Gasteiger partial charge in [-0.25, -0.2) is 4.98 Å². The third-order valence-electron chi connectivity index (χ3n) is 2.20. The molecule has 1 aliphatic rings. The number of nitrogens with zero attached hydrogens (tertiary/aromatic N) is 3. The van der Waals surface area contributed by atoms with E-state index in [2.05, 4.69) is 15.4 Å². The second-order valence-corrected chi connectivity index (χ2v) is 3.30. The van der Waals surface area contributed by atoms with Gasteiger partial charge >= 0.3 is 0 Å². The zero-order valence-corrected chi connectivity index (χ0v) is 6.99. The highest BCUT2D eigenvalue weighted by Crippen LogP contribution is 2.15. The Balaban J connectivity index is 2.08. The molecule has 1 aromatic rings. The molecule has 12 heavy (non-hydrogen) atoms. The van der Waals surface area contributed by atoms with Gasteiger partial charge in [0, 0.05) is 26.6 Å². The van der Waals surface area contributed by atoms with Crippen LogP contribution in [-0.4, -0.2) is 38.6 Å². The molecular weight excluding hydrogens is 156 g/mol. The summed E-state index contributed by atoms with van der Waals surface area (Å²) in [7, 11) is 1.83. The first kappa shape index (κ1) is 7.70. The number of β-amino-alcohol motifs (C(OH)–C–C–N with tert-alkyl or cyclic N) is 1. The molecule has 0 spiro atoms. The average Bonchev–Trinajstić information content (AvgIpc) is 2.34. The van der Waals surface area contributed by atoms with Crippen LogP contribution in [0.25, 0.3) is 0 Å². The van der Waals surface area contributed by atoms with Crippen LogP contribution in [0.5, 0.6) is 0 Å². The SMILES string of the molecule is Cn1ncnc1CC1(O)CNC1. The van der Waals surface area contributed by atoms with Crippen molar-refractivity contribution < 1.29 is 5.11 Å². The van der Waals surface area contributed by atoms with Gasteiger partial charge in [-0.3, -0.25) is 4.68 Å². The van der Waals surface area contributed by atoms with Gasteiger partial charge in [0.05, 0.1) is 5.60 Å². The Morgan fingerprint density at radius 1 is 1.75 bits per heavy atom. The minimum absolute atomic E-state index is 0.580. The number of rotatable bonds is 2. The zero-order valence-electron chi connectivity index (χ0n) is 6.99. The monoisotopic (exact) mass is 168 g/mol. The van der Waals surface area contributed by atoms with E-state index in [1.54, 1.807) is 4.68 Å². The molecule has 66 valence electrons. The number of hydrogen-bond donors (Lipinski definition) is 2.